The second-order valence-corrected chi connectivity index (χ2v) is 5.04. The van der Waals surface area contributed by atoms with Gasteiger partial charge in [-0.05, 0) is 55.5 Å². The quantitative estimate of drug-likeness (QED) is 0.875. The van der Waals surface area contributed by atoms with Crippen molar-refractivity contribution in [2.24, 2.45) is 0 Å². The van der Waals surface area contributed by atoms with Gasteiger partial charge in [-0.2, -0.15) is 0 Å². The van der Waals surface area contributed by atoms with Crippen molar-refractivity contribution in [1.29, 1.82) is 0 Å². The Morgan fingerprint density at radius 3 is 2.37 bits per heavy atom. The monoisotopic (exact) mass is 258 g/mol. The molecule has 0 spiro atoms. The Hall–Kier alpha value is -1.67. The van der Waals surface area contributed by atoms with Crippen LogP contribution in [-0.2, 0) is 6.42 Å². The fraction of sp³-hybridized carbons (Fsp3) is 0.294. The maximum Gasteiger partial charge on any atom is 0.123 e. The molecule has 2 rings (SSSR count). The highest BCUT2D eigenvalue weighted by molar-refractivity contribution is 5.29. The lowest BCUT2D eigenvalue weighted by molar-refractivity contribution is 0.167. The Bertz CT molecular complexity index is 546. The van der Waals surface area contributed by atoms with Crippen molar-refractivity contribution in [3.8, 4) is 0 Å². The molecule has 1 unspecified atom stereocenters. The van der Waals surface area contributed by atoms with E-state index in [0.29, 0.717) is 6.42 Å². The second-order valence-electron chi connectivity index (χ2n) is 5.04. The molecule has 1 atom stereocenters. The van der Waals surface area contributed by atoms with Crippen LogP contribution in [0.15, 0.2) is 42.5 Å². The first-order valence-electron chi connectivity index (χ1n) is 6.56. The first-order valence-corrected chi connectivity index (χ1v) is 6.56. The van der Waals surface area contributed by atoms with Gasteiger partial charge in [0.15, 0.2) is 0 Å². The average Bonchev–Trinajstić information content (AvgIpc) is 2.37. The molecule has 1 N–H and O–H groups in total. The normalized spacial score (nSPS) is 12.4. The van der Waals surface area contributed by atoms with E-state index < -0.39 is 6.10 Å². The largest absolute Gasteiger partial charge is 0.388 e. The molecule has 0 aliphatic carbocycles. The lowest BCUT2D eigenvalue weighted by Gasteiger charge is -2.14. The highest BCUT2D eigenvalue weighted by Gasteiger charge is 2.11. The fourth-order valence-electron chi connectivity index (χ4n) is 2.23. The standard InChI is InChI=1S/C17H19FO/c1-12-3-5-14(6-4-12)7-10-17(19)16-9-8-15(18)11-13(16)2/h3-6,8-9,11,17,19H,7,10H2,1-2H3. The van der Waals surface area contributed by atoms with Crippen molar-refractivity contribution in [3.63, 3.8) is 0 Å². The first-order chi connectivity index (χ1) is 9.06. The molecule has 0 amide bonds. The summed E-state index contributed by atoms with van der Waals surface area (Å²) in [5, 5.41) is 10.2. The molecule has 0 bridgehead atoms. The zero-order valence-electron chi connectivity index (χ0n) is 11.4. The molecule has 0 aromatic heterocycles. The van der Waals surface area contributed by atoms with E-state index in [2.05, 4.69) is 31.2 Å². The van der Waals surface area contributed by atoms with Crippen molar-refractivity contribution in [2.45, 2.75) is 32.8 Å². The van der Waals surface area contributed by atoms with Gasteiger partial charge in [0, 0.05) is 0 Å². The molecule has 0 aliphatic rings. The minimum Gasteiger partial charge on any atom is -0.388 e. The maximum absolute atomic E-state index is 13.0. The Morgan fingerprint density at radius 2 is 1.74 bits per heavy atom. The molecule has 19 heavy (non-hydrogen) atoms. The number of benzene rings is 2. The number of aliphatic hydroxyl groups excluding tert-OH is 1. The van der Waals surface area contributed by atoms with Crippen LogP contribution in [0.5, 0.6) is 0 Å². The summed E-state index contributed by atoms with van der Waals surface area (Å²) in [5.74, 6) is -0.257. The number of aryl methyl sites for hydroxylation is 3. The SMILES string of the molecule is Cc1ccc(CCC(O)c2ccc(F)cc2C)cc1. The summed E-state index contributed by atoms with van der Waals surface area (Å²) in [4.78, 5) is 0. The third-order valence-corrected chi connectivity index (χ3v) is 3.42. The molecule has 100 valence electrons. The van der Waals surface area contributed by atoms with Crippen LogP contribution in [0.2, 0.25) is 0 Å². The van der Waals surface area contributed by atoms with Gasteiger partial charge in [0.25, 0.3) is 0 Å². The van der Waals surface area contributed by atoms with Gasteiger partial charge in [-0.15, -0.1) is 0 Å². The van der Waals surface area contributed by atoms with Gasteiger partial charge >= 0.3 is 0 Å². The number of halogens is 1. The highest BCUT2D eigenvalue weighted by atomic mass is 19.1. The third-order valence-electron chi connectivity index (χ3n) is 3.42. The number of aliphatic hydroxyl groups is 1. The topological polar surface area (TPSA) is 20.2 Å². The molecule has 0 heterocycles. The summed E-state index contributed by atoms with van der Waals surface area (Å²) >= 11 is 0. The summed E-state index contributed by atoms with van der Waals surface area (Å²) in [5.41, 5.74) is 4.06. The molecule has 1 nitrogen and oxygen atoms in total. The zero-order chi connectivity index (χ0) is 13.8. The van der Waals surface area contributed by atoms with E-state index in [9.17, 15) is 9.50 Å². The molecule has 0 saturated heterocycles. The van der Waals surface area contributed by atoms with Gasteiger partial charge in [0.2, 0.25) is 0 Å². The van der Waals surface area contributed by atoms with Crippen LogP contribution in [-0.4, -0.2) is 5.11 Å². The predicted octanol–water partition coefficient (Wildman–Crippen LogP) is 4.11. The van der Waals surface area contributed by atoms with Gasteiger partial charge in [-0.25, -0.2) is 4.39 Å². The van der Waals surface area contributed by atoms with E-state index in [1.807, 2.05) is 6.92 Å². The maximum atomic E-state index is 13.0. The molecule has 0 saturated carbocycles. The molecule has 0 fully saturated rings. The van der Waals surface area contributed by atoms with Crippen LogP contribution in [0.4, 0.5) is 4.39 Å². The van der Waals surface area contributed by atoms with Crippen LogP contribution < -0.4 is 0 Å². The Balaban J connectivity index is 2.01. The van der Waals surface area contributed by atoms with Gasteiger partial charge in [-0.3, -0.25) is 0 Å². The molecule has 2 heteroatoms. The van der Waals surface area contributed by atoms with Gasteiger partial charge in [0.05, 0.1) is 6.10 Å². The van der Waals surface area contributed by atoms with Crippen molar-refractivity contribution in [2.75, 3.05) is 0 Å². The van der Waals surface area contributed by atoms with Crippen LogP contribution in [0.3, 0.4) is 0 Å². The second kappa shape index (κ2) is 5.98. The van der Waals surface area contributed by atoms with Crippen LogP contribution in [0.25, 0.3) is 0 Å². The Morgan fingerprint density at radius 1 is 1.05 bits per heavy atom. The summed E-state index contributed by atoms with van der Waals surface area (Å²) in [6.07, 6.45) is 0.926. The number of rotatable bonds is 4. The molecular formula is C17H19FO. The smallest absolute Gasteiger partial charge is 0.123 e. The lowest BCUT2D eigenvalue weighted by Crippen LogP contribution is -2.02. The van der Waals surface area contributed by atoms with E-state index in [1.54, 1.807) is 6.07 Å². The molecule has 0 aliphatic heterocycles. The van der Waals surface area contributed by atoms with Gasteiger partial charge in [0.1, 0.15) is 5.82 Å². The number of hydrogen-bond donors (Lipinski definition) is 1. The minimum atomic E-state index is -0.540. The van der Waals surface area contributed by atoms with Crippen molar-refractivity contribution >= 4 is 0 Å². The predicted molar refractivity (Wildman–Crippen MR) is 75.6 cm³/mol. The Kier molecular flexibility index (Phi) is 4.33. The van der Waals surface area contributed by atoms with E-state index in [1.165, 1.54) is 23.3 Å². The van der Waals surface area contributed by atoms with Crippen molar-refractivity contribution in [3.05, 3.63) is 70.5 Å². The number of hydrogen-bond acceptors (Lipinski definition) is 1. The fourth-order valence-corrected chi connectivity index (χ4v) is 2.23. The lowest BCUT2D eigenvalue weighted by atomic mass is 9.97. The van der Waals surface area contributed by atoms with Crippen LogP contribution >= 0.6 is 0 Å². The zero-order valence-corrected chi connectivity index (χ0v) is 11.4. The van der Waals surface area contributed by atoms with Crippen molar-refractivity contribution < 1.29 is 9.50 Å². The van der Waals surface area contributed by atoms with Crippen molar-refractivity contribution in [1.82, 2.24) is 0 Å². The molecule has 2 aromatic rings. The third kappa shape index (κ3) is 3.65. The summed E-state index contributed by atoms with van der Waals surface area (Å²) in [7, 11) is 0. The Labute approximate surface area is 113 Å². The van der Waals surface area contributed by atoms with Crippen LogP contribution in [0, 0.1) is 19.7 Å². The molecular weight excluding hydrogens is 239 g/mol. The van der Waals surface area contributed by atoms with Gasteiger partial charge < -0.3 is 5.11 Å². The van der Waals surface area contributed by atoms with Crippen LogP contribution in [0.1, 0.15) is 34.8 Å². The van der Waals surface area contributed by atoms with E-state index in [-0.39, 0.29) is 5.82 Å². The molecule has 2 aromatic carbocycles. The van der Waals surface area contributed by atoms with E-state index in [4.69, 9.17) is 0 Å². The minimum absolute atomic E-state index is 0.257. The summed E-state index contributed by atoms with van der Waals surface area (Å²) in [6.45, 7) is 3.88. The highest BCUT2D eigenvalue weighted by Crippen LogP contribution is 2.23. The summed E-state index contributed by atoms with van der Waals surface area (Å²) < 4.78 is 13.0. The van der Waals surface area contributed by atoms with E-state index >= 15 is 0 Å². The first kappa shape index (κ1) is 13.8. The summed E-state index contributed by atoms with van der Waals surface area (Å²) in [6, 6.07) is 12.8. The van der Waals surface area contributed by atoms with E-state index in [0.717, 1.165) is 17.5 Å². The average molecular weight is 258 g/mol. The molecule has 0 radical (unpaired) electrons. The van der Waals surface area contributed by atoms with Gasteiger partial charge in [-0.1, -0.05) is 35.9 Å².